The summed E-state index contributed by atoms with van der Waals surface area (Å²) >= 11 is 2.26. The second kappa shape index (κ2) is 5.08. The van der Waals surface area contributed by atoms with Crippen LogP contribution in [0.1, 0.15) is 27.7 Å². The molecule has 94 valence electrons. The highest BCUT2D eigenvalue weighted by Crippen LogP contribution is 2.38. The van der Waals surface area contributed by atoms with E-state index in [0.29, 0.717) is 12.2 Å². The van der Waals surface area contributed by atoms with Gasteiger partial charge >= 0.3 is 0 Å². The Morgan fingerprint density at radius 2 is 2.00 bits per heavy atom. The maximum Gasteiger partial charge on any atom is 0.192 e. The average molecular weight is 354 g/mol. The number of rotatable bonds is 4. The monoisotopic (exact) mass is 354 g/mol. The maximum absolute atomic E-state index is 6.13. The number of hydrogen-bond acceptors (Lipinski definition) is 2. The Hall–Kier alpha value is 0.607. The van der Waals surface area contributed by atoms with Crippen molar-refractivity contribution in [2.24, 2.45) is 0 Å². The summed E-state index contributed by atoms with van der Waals surface area (Å²) in [6.07, 6.45) is 0.599. The molecule has 2 nitrogen and oxygen atoms in total. The van der Waals surface area contributed by atoms with Gasteiger partial charge in [-0.3, -0.25) is 0 Å². The van der Waals surface area contributed by atoms with Crippen LogP contribution < -0.4 is 0 Å². The highest BCUT2D eigenvalue weighted by atomic mass is 127. The molecule has 1 saturated heterocycles. The van der Waals surface area contributed by atoms with Crippen LogP contribution in [0.4, 0.5) is 0 Å². The molecule has 0 unspecified atom stereocenters. The van der Waals surface area contributed by atoms with Crippen LogP contribution in [-0.4, -0.2) is 27.1 Å². The maximum atomic E-state index is 6.13. The van der Waals surface area contributed by atoms with Gasteiger partial charge in [0.1, 0.15) is 12.2 Å². The normalized spacial score (nSPS) is 27.1. The van der Waals surface area contributed by atoms with Crippen molar-refractivity contribution in [3.8, 4) is 0 Å². The van der Waals surface area contributed by atoms with E-state index < -0.39 is 8.32 Å². The van der Waals surface area contributed by atoms with Crippen LogP contribution in [0, 0.1) is 0 Å². The van der Waals surface area contributed by atoms with Gasteiger partial charge in [0.2, 0.25) is 0 Å². The van der Waals surface area contributed by atoms with Gasteiger partial charge in [-0.1, -0.05) is 43.4 Å². The molecule has 1 aliphatic rings. The van der Waals surface area contributed by atoms with Crippen LogP contribution in [0.5, 0.6) is 0 Å². The summed E-state index contributed by atoms with van der Waals surface area (Å²) in [5, 5.41) is 0.283. The molecule has 0 amide bonds. The van der Waals surface area contributed by atoms with Crippen LogP contribution in [0.3, 0.4) is 0 Å². The third-order valence-electron chi connectivity index (χ3n) is 3.62. The molecular formula is C12H23IO2Si. The van der Waals surface area contributed by atoms with Gasteiger partial charge in [-0.15, -0.1) is 0 Å². The van der Waals surface area contributed by atoms with Crippen molar-refractivity contribution in [3.05, 3.63) is 9.66 Å². The molecule has 1 fully saturated rings. The van der Waals surface area contributed by atoms with E-state index >= 15 is 0 Å². The van der Waals surface area contributed by atoms with Crippen LogP contribution in [0.25, 0.3) is 0 Å². The summed E-state index contributed by atoms with van der Waals surface area (Å²) in [7, 11) is -1.60. The van der Waals surface area contributed by atoms with E-state index in [9.17, 15) is 0 Å². The van der Waals surface area contributed by atoms with Gasteiger partial charge < -0.3 is 9.16 Å². The molecule has 2 atom stereocenters. The molecule has 1 rings (SSSR count). The molecule has 1 aliphatic heterocycles. The summed E-state index contributed by atoms with van der Waals surface area (Å²) in [6, 6.07) is 0. The number of halogens is 1. The Kier molecular flexibility index (Phi) is 4.66. The standard InChI is InChI=1S/C12H23IO2Si/c1-9(7-13)11-10(15-11)8-14-16(5,6)12(2,3)4/h7,10-11H,8H2,1-6H3/b9-7+/t10-,11-/m0/s1. The Morgan fingerprint density at radius 3 is 2.44 bits per heavy atom. The van der Waals surface area contributed by atoms with Gasteiger partial charge in [0.05, 0.1) is 6.61 Å². The first-order valence-electron chi connectivity index (χ1n) is 5.75. The second-order valence-electron chi connectivity index (χ2n) is 6.02. The van der Waals surface area contributed by atoms with Gasteiger partial charge in [0.15, 0.2) is 8.32 Å². The molecule has 1 heterocycles. The topological polar surface area (TPSA) is 21.8 Å². The largest absolute Gasteiger partial charge is 0.414 e. The second-order valence-corrected chi connectivity index (χ2v) is 11.5. The molecule has 0 radical (unpaired) electrons. The van der Waals surface area contributed by atoms with Gasteiger partial charge in [-0.05, 0) is 34.7 Å². The Balaban J connectivity index is 2.38. The Morgan fingerprint density at radius 1 is 1.44 bits per heavy atom. The zero-order chi connectivity index (χ0) is 12.6. The van der Waals surface area contributed by atoms with Crippen molar-refractivity contribution in [3.63, 3.8) is 0 Å². The predicted molar refractivity (Wildman–Crippen MR) is 79.6 cm³/mol. The lowest BCUT2D eigenvalue weighted by Gasteiger charge is -2.36. The fraction of sp³-hybridized carbons (Fsp3) is 0.833. The van der Waals surface area contributed by atoms with Crippen molar-refractivity contribution < 1.29 is 9.16 Å². The minimum absolute atomic E-state index is 0.283. The Labute approximate surface area is 114 Å². The smallest absolute Gasteiger partial charge is 0.192 e. The summed E-state index contributed by atoms with van der Waals surface area (Å²) in [5.41, 5.74) is 1.31. The van der Waals surface area contributed by atoms with Gasteiger partial charge in [-0.2, -0.15) is 0 Å². The van der Waals surface area contributed by atoms with E-state index in [-0.39, 0.29) is 5.04 Å². The third-order valence-corrected chi connectivity index (χ3v) is 9.10. The summed E-state index contributed by atoms with van der Waals surface area (Å²) in [6.45, 7) is 14.2. The molecule has 0 spiro atoms. The molecule has 0 bridgehead atoms. The molecule has 0 aromatic rings. The first kappa shape index (κ1) is 14.7. The minimum Gasteiger partial charge on any atom is -0.414 e. The number of hydrogen-bond donors (Lipinski definition) is 0. The zero-order valence-electron chi connectivity index (χ0n) is 11.1. The van der Waals surface area contributed by atoms with Crippen LogP contribution in [0.15, 0.2) is 9.66 Å². The summed E-state index contributed by atoms with van der Waals surface area (Å²) < 4.78 is 13.8. The van der Waals surface area contributed by atoms with E-state index in [4.69, 9.17) is 9.16 Å². The molecule has 0 N–H and O–H groups in total. The third kappa shape index (κ3) is 3.55. The van der Waals surface area contributed by atoms with E-state index in [1.807, 2.05) is 0 Å². The lowest BCUT2D eigenvalue weighted by Crippen LogP contribution is -2.41. The van der Waals surface area contributed by atoms with Gasteiger partial charge in [0, 0.05) is 0 Å². The van der Waals surface area contributed by atoms with Crippen molar-refractivity contribution in [1.82, 2.24) is 0 Å². The van der Waals surface area contributed by atoms with E-state index in [1.54, 1.807) is 0 Å². The molecule has 16 heavy (non-hydrogen) atoms. The highest BCUT2D eigenvalue weighted by molar-refractivity contribution is 14.1. The van der Waals surface area contributed by atoms with E-state index in [0.717, 1.165) is 6.61 Å². The Bertz CT molecular complexity index is 281. The molecule has 4 heteroatoms. The lowest BCUT2D eigenvalue weighted by molar-refractivity contribution is 0.242. The van der Waals surface area contributed by atoms with Gasteiger partial charge in [0.25, 0.3) is 0 Å². The SMILES string of the molecule is C/C(=C\I)[C@@H]1O[C@H]1CO[Si](C)(C)C(C)(C)C. The highest BCUT2D eigenvalue weighted by Gasteiger charge is 2.44. The van der Waals surface area contributed by atoms with Crippen molar-refractivity contribution in [1.29, 1.82) is 0 Å². The molecular weight excluding hydrogens is 331 g/mol. The first-order valence-corrected chi connectivity index (χ1v) is 9.91. The van der Waals surface area contributed by atoms with Crippen molar-refractivity contribution >= 4 is 30.9 Å². The fourth-order valence-electron chi connectivity index (χ4n) is 1.24. The fourth-order valence-corrected chi connectivity index (χ4v) is 2.61. The van der Waals surface area contributed by atoms with Crippen molar-refractivity contribution in [2.45, 2.75) is 58.0 Å². The first-order chi connectivity index (χ1) is 7.19. The molecule has 0 saturated carbocycles. The predicted octanol–water partition coefficient (Wildman–Crippen LogP) is 4.11. The van der Waals surface area contributed by atoms with E-state index in [2.05, 4.69) is 67.5 Å². The van der Waals surface area contributed by atoms with E-state index in [1.165, 1.54) is 5.57 Å². The molecule has 0 aromatic heterocycles. The number of epoxide rings is 1. The average Bonchev–Trinajstić information content (AvgIpc) is 2.91. The molecule has 0 aromatic carbocycles. The quantitative estimate of drug-likeness (QED) is 0.430. The van der Waals surface area contributed by atoms with Crippen LogP contribution in [-0.2, 0) is 9.16 Å². The minimum atomic E-state index is -1.60. The van der Waals surface area contributed by atoms with Crippen LogP contribution in [0.2, 0.25) is 18.1 Å². The lowest BCUT2D eigenvalue weighted by atomic mass is 10.2. The van der Waals surface area contributed by atoms with Gasteiger partial charge in [-0.25, -0.2) is 0 Å². The zero-order valence-corrected chi connectivity index (χ0v) is 14.3. The van der Waals surface area contributed by atoms with Crippen LogP contribution >= 0.6 is 22.6 Å². The number of ether oxygens (including phenoxy) is 1. The summed E-state index contributed by atoms with van der Waals surface area (Å²) in [5.74, 6) is 0. The van der Waals surface area contributed by atoms with Crippen molar-refractivity contribution in [2.75, 3.05) is 6.61 Å². The summed E-state index contributed by atoms with van der Waals surface area (Å²) in [4.78, 5) is 0. The molecule has 0 aliphatic carbocycles.